The summed E-state index contributed by atoms with van der Waals surface area (Å²) in [6.45, 7) is 12.2. The second kappa shape index (κ2) is 8.20. The Labute approximate surface area is 177 Å². The molecule has 1 aromatic carbocycles. The van der Waals surface area contributed by atoms with Crippen LogP contribution in [0.2, 0.25) is 0 Å². The Morgan fingerprint density at radius 1 is 0.857 bits per heavy atom. The van der Waals surface area contributed by atoms with Gasteiger partial charge >= 0.3 is 178 Å². The van der Waals surface area contributed by atoms with Crippen molar-refractivity contribution >= 4 is 34.3 Å². The average molecular weight is 524 g/mol. The summed E-state index contributed by atoms with van der Waals surface area (Å²) >= 11 is -3.03. The van der Waals surface area contributed by atoms with Gasteiger partial charge in [-0.1, -0.05) is 0 Å². The van der Waals surface area contributed by atoms with Crippen LogP contribution in [0.1, 0.15) is 47.1 Å². The van der Waals surface area contributed by atoms with Crippen molar-refractivity contribution in [2.75, 3.05) is 19.0 Å². The molecule has 0 bridgehead atoms. The van der Waals surface area contributed by atoms with E-state index in [-0.39, 0.29) is 10.8 Å². The van der Waals surface area contributed by atoms with E-state index in [4.69, 9.17) is 2.65 Å². The van der Waals surface area contributed by atoms with E-state index in [2.05, 4.69) is 24.3 Å². The molecule has 5 nitrogen and oxygen atoms in total. The number of hydrogen-bond acceptors (Lipinski definition) is 5. The molecule has 7 heteroatoms. The van der Waals surface area contributed by atoms with Gasteiger partial charge in [0.05, 0.1) is 0 Å². The summed E-state index contributed by atoms with van der Waals surface area (Å²) in [5.41, 5.74) is 2.55. The number of halogens is 1. The van der Waals surface area contributed by atoms with Crippen LogP contribution in [0, 0.1) is 21.1 Å². The number of hydrogen-bond donors (Lipinski definition) is 0. The van der Waals surface area contributed by atoms with Crippen LogP contribution in [0.25, 0.3) is 5.57 Å². The summed E-state index contributed by atoms with van der Waals surface area (Å²) in [7, 11) is -0.488. The molecule has 0 spiro atoms. The standard InChI is InChI=1S/C21H30ClNO4Te/c1-20(2,3)18-13-16(15-9-11-17(12-10-15)23(7)8)14-19(21(4,5)6)28(18)27-22(24,25)26/h9-14H,1-8H3. The number of nitrogens with zero attached hydrogens (tertiary/aromatic N) is 1. The van der Waals surface area contributed by atoms with Crippen molar-refractivity contribution in [3.8, 4) is 0 Å². The maximum absolute atomic E-state index is 11.5. The summed E-state index contributed by atoms with van der Waals surface area (Å²) in [5, 5.41) is 0. The van der Waals surface area contributed by atoms with Crippen LogP contribution < -0.4 is 18.9 Å². The third kappa shape index (κ3) is 5.90. The quantitative estimate of drug-likeness (QED) is 0.557. The normalized spacial score (nSPS) is 16.8. The summed E-state index contributed by atoms with van der Waals surface area (Å²) in [4.78, 5) is 2.04. The van der Waals surface area contributed by atoms with E-state index < -0.39 is 29.7 Å². The predicted octanol–water partition coefficient (Wildman–Crippen LogP) is 1.37. The fraction of sp³-hybridized carbons (Fsp3) is 0.476. The van der Waals surface area contributed by atoms with Gasteiger partial charge in [-0.15, -0.1) is 0 Å². The summed E-state index contributed by atoms with van der Waals surface area (Å²) in [6, 6.07) is 8.24. The Morgan fingerprint density at radius 2 is 1.39 bits per heavy atom. The molecule has 1 heterocycles. The van der Waals surface area contributed by atoms with Gasteiger partial charge in [0.25, 0.3) is 0 Å². The van der Waals surface area contributed by atoms with Crippen LogP contribution in [-0.2, 0) is 2.65 Å². The Kier molecular flexibility index (Phi) is 6.90. The van der Waals surface area contributed by atoms with Gasteiger partial charge in [-0.2, -0.15) is 0 Å². The molecule has 2 rings (SSSR count). The summed E-state index contributed by atoms with van der Waals surface area (Å²) < 4.78 is 41.5. The first kappa shape index (κ1) is 23.6. The van der Waals surface area contributed by atoms with Crippen molar-refractivity contribution in [3.63, 3.8) is 0 Å². The van der Waals surface area contributed by atoms with Crippen LogP contribution in [0.15, 0.2) is 40.0 Å². The van der Waals surface area contributed by atoms with Crippen molar-refractivity contribution in [1.29, 1.82) is 0 Å². The van der Waals surface area contributed by atoms with Gasteiger partial charge in [-0.25, -0.2) is 0 Å². The maximum atomic E-state index is 11.5. The number of rotatable bonds is 4. The number of allylic oxidation sites excluding steroid dienone is 4. The third-order valence-corrected chi connectivity index (χ3v) is 13.4. The van der Waals surface area contributed by atoms with Crippen LogP contribution in [-0.4, -0.2) is 37.1 Å². The number of benzene rings is 1. The Hall–Kier alpha value is -0.710. The molecule has 1 aromatic rings. The minimum absolute atomic E-state index is 0.309. The minimum atomic E-state index is -4.48. The molecule has 0 atom stereocenters. The molecule has 0 aliphatic carbocycles. The van der Waals surface area contributed by atoms with E-state index in [1.165, 1.54) is 0 Å². The molecule has 0 aromatic heterocycles. The molecular formula is C21H30ClNO4Te. The van der Waals surface area contributed by atoms with Crippen LogP contribution >= 0.6 is 0 Å². The van der Waals surface area contributed by atoms with E-state index in [0.29, 0.717) is 0 Å². The molecule has 0 saturated heterocycles. The fourth-order valence-electron chi connectivity index (χ4n) is 2.80. The molecule has 0 fully saturated rings. The SMILES string of the molecule is CN(C)c1ccc(C2=CC(C(C)(C)C)=[Te](O[Cl+3]([O-])([O-])[O-])C(C(C)(C)C)=C2)cc1. The van der Waals surface area contributed by atoms with E-state index in [0.717, 1.165) is 24.0 Å². The monoisotopic (exact) mass is 525 g/mol. The summed E-state index contributed by atoms with van der Waals surface area (Å²) in [5.74, 6) is 0. The van der Waals surface area contributed by atoms with Crippen LogP contribution in [0.4, 0.5) is 5.69 Å². The third-order valence-electron chi connectivity index (χ3n) is 4.31. The molecule has 0 radical (unpaired) electrons. The molecule has 1 aliphatic heterocycles. The molecule has 0 unspecified atom stereocenters. The van der Waals surface area contributed by atoms with Crippen molar-refractivity contribution in [3.05, 3.63) is 45.6 Å². The first-order valence-electron chi connectivity index (χ1n) is 9.04. The van der Waals surface area contributed by atoms with Crippen molar-refractivity contribution in [2.45, 2.75) is 41.5 Å². The Morgan fingerprint density at radius 3 is 1.79 bits per heavy atom. The zero-order chi connectivity index (χ0) is 21.5. The van der Waals surface area contributed by atoms with Crippen molar-refractivity contribution in [2.24, 2.45) is 10.8 Å². The summed E-state index contributed by atoms with van der Waals surface area (Å²) in [6.07, 6.45) is 4.05. The van der Waals surface area contributed by atoms with Crippen LogP contribution in [0.5, 0.6) is 0 Å². The molecule has 1 aliphatic rings. The molecule has 156 valence electrons. The zero-order valence-electron chi connectivity index (χ0n) is 17.8. The predicted molar refractivity (Wildman–Crippen MR) is 108 cm³/mol. The molecule has 0 saturated carbocycles. The second-order valence-corrected chi connectivity index (χ2v) is 15.1. The van der Waals surface area contributed by atoms with E-state index >= 15 is 0 Å². The van der Waals surface area contributed by atoms with Gasteiger partial charge in [0.1, 0.15) is 0 Å². The van der Waals surface area contributed by atoms with E-state index in [1.807, 2.05) is 72.7 Å². The molecule has 0 amide bonds. The van der Waals surface area contributed by atoms with E-state index in [9.17, 15) is 14.0 Å². The Bertz CT molecular complexity index is 820. The average Bonchev–Trinajstić information content (AvgIpc) is 2.51. The zero-order valence-corrected chi connectivity index (χ0v) is 20.9. The van der Waals surface area contributed by atoms with Gasteiger partial charge < -0.3 is 0 Å². The van der Waals surface area contributed by atoms with E-state index in [1.54, 1.807) is 0 Å². The molecular weight excluding hydrogens is 493 g/mol. The number of anilines is 1. The van der Waals surface area contributed by atoms with Gasteiger partial charge in [-0.05, 0) is 0 Å². The van der Waals surface area contributed by atoms with Crippen LogP contribution in [0.3, 0.4) is 0 Å². The molecule has 0 N–H and O–H groups in total. The second-order valence-electron chi connectivity index (χ2n) is 9.12. The first-order chi connectivity index (χ1) is 12.6. The van der Waals surface area contributed by atoms with Gasteiger partial charge in [0, 0.05) is 0 Å². The van der Waals surface area contributed by atoms with Crippen molar-refractivity contribution in [1.82, 2.24) is 0 Å². The molecule has 28 heavy (non-hydrogen) atoms. The Balaban J connectivity index is 2.70. The fourth-order valence-corrected chi connectivity index (χ4v) is 10.8. The van der Waals surface area contributed by atoms with Gasteiger partial charge in [0.15, 0.2) is 0 Å². The van der Waals surface area contributed by atoms with Gasteiger partial charge in [-0.3, -0.25) is 0 Å². The van der Waals surface area contributed by atoms with Gasteiger partial charge in [0.2, 0.25) is 0 Å². The first-order valence-corrected chi connectivity index (χ1v) is 13.6. The van der Waals surface area contributed by atoms with Crippen molar-refractivity contribution < 1.29 is 26.9 Å². The topological polar surface area (TPSA) is 81.7 Å².